The number of thiophene rings is 1. The number of fused-ring (bicyclic) bond motifs is 1. The van der Waals surface area contributed by atoms with Gasteiger partial charge in [0, 0.05) is 0 Å². The zero-order valence-electron chi connectivity index (χ0n) is 10.5. The molecule has 0 atom stereocenters. The van der Waals surface area contributed by atoms with Crippen LogP contribution in [-0.4, -0.2) is 23.2 Å². The van der Waals surface area contributed by atoms with E-state index in [2.05, 4.69) is 9.97 Å². The van der Waals surface area contributed by atoms with E-state index in [1.165, 1.54) is 18.5 Å². The Labute approximate surface area is 118 Å². The molecule has 20 heavy (non-hydrogen) atoms. The van der Waals surface area contributed by atoms with Crippen molar-refractivity contribution in [3.63, 3.8) is 0 Å². The summed E-state index contributed by atoms with van der Waals surface area (Å²) in [4.78, 5) is 9.15. The Morgan fingerprint density at radius 3 is 2.65 bits per heavy atom. The molecule has 4 nitrogen and oxygen atoms in total. The van der Waals surface area contributed by atoms with Gasteiger partial charge in [0.2, 0.25) is 5.88 Å². The number of aromatic nitrogens is 2. The molecule has 0 spiro atoms. The van der Waals surface area contributed by atoms with Gasteiger partial charge in [-0.1, -0.05) is 0 Å². The van der Waals surface area contributed by atoms with E-state index in [4.69, 9.17) is 9.47 Å². The van der Waals surface area contributed by atoms with E-state index in [1.807, 2.05) is 11.4 Å². The van der Waals surface area contributed by atoms with Crippen LogP contribution < -0.4 is 9.47 Å². The number of rotatable bonds is 5. The van der Waals surface area contributed by atoms with E-state index in [0.29, 0.717) is 24.8 Å². The quantitative estimate of drug-likeness (QED) is 0.676. The average Bonchev–Trinajstić information content (AvgIpc) is 2.94. The van der Waals surface area contributed by atoms with Crippen LogP contribution in [0.5, 0.6) is 11.6 Å². The maximum atomic E-state index is 12.7. The fourth-order valence-electron chi connectivity index (χ4n) is 1.71. The van der Waals surface area contributed by atoms with Crippen molar-refractivity contribution >= 4 is 21.6 Å². The van der Waals surface area contributed by atoms with Crippen LogP contribution in [0.2, 0.25) is 0 Å². The molecule has 6 heteroatoms. The maximum Gasteiger partial charge on any atom is 0.225 e. The minimum Gasteiger partial charge on any atom is -0.490 e. The van der Waals surface area contributed by atoms with Gasteiger partial charge >= 0.3 is 0 Å². The van der Waals surface area contributed by atoms with Crippen molar-refractivity contribution in [3.8, 4) is 11.6 Å². The Kier molecular flexibility index (Phi) is 3.73. The van der Waals surface area contributed by atoms with Crippen LogP contribution in [0.3, 0.4) is 0 Å². The third kappa shape index (κ3) is 2.85. The molecule has 0 aliphatic carbocycles. The van der Waals surface area contributed by atoms with Gasteiger partial charge in [0.05, 0.1) is 5.39 Å². The second-order valence-corrected chi connectivity index (χ2v) is 4.86. The van der Waals surface area contributed by atoms with Gasteiger partial charge in [-0.15, -0.1) is 11.3 Å². The standard InChI is InChI=1S/C14H11FN2O2S/c15-10-1-3-11(4-2-10)18-6-7-19-13-12-5-8-20-14(12)17-9-16-13/h1-5,8-9H,6-7H2. The summed E-state index contributed by atoms with van der Waals surface area (Å²) in [5.41, 5.74) is 0. The van der Waals surface area contributed by atoms with Crippen molar-refractivity contribution in [1.29, 1.82) is 0 Å². The molecule has 2 heterocycles. The van der Waals surface area contributed by atoms with Gasteiger partial charge in [-0.2, -0.15) is 0 Å². The Hall–Kier alpha value is -2.21. The summed E-state index contributed by atoms with van der Waals surface area (Å²) in [6, 6.07) is 7.80. The lowest BCUT2D eigenvalue weighted by Gasteiger charge is -2.08. The maximum absolute atomic E-state index is 12.7. The van der Waals surface area contributed by atoms with Crippen LogP contribution in [-0.2, 0) is 0 Å². The summed E-state index contributed by atoms with van der Waals surface area (Å²) in [5.74, 6) is 0.881. The summed E-state index contributed by atoms with van der Waals surface area (Å²) < 4.78 is 23.7. The molecule has 0 unspecified atom stereocenters. The lowest BCUT2D eigenvalue weighted by atomic mass is 10.3. The number of hydrogen-bond donors (Lipinski definition) is 0. The van der Waals surface area contributed by atoms with Crippen molar-refractivity contribution in [1.82, 2.24) is 9.97 Å². The van der Waals surface area contributed by atoms with Crippen LogP contribution in [0.25, 0.3) is 10.2 Å². The Balaban J connectivity index is 1.55. The molecule has 0 N–H and O–H groups in total. The van der Waals surface area contributed by atoms with Crippen LogP contribution in [0, 0.1) is 5.82 Å². The SMILES string of the molecule is Fc1ccc(OCCOc2ncnc3sccc23)cc1. The van der Waals surface area contributed by atoms with Crippen LogP contribution in [0.1, 0.15) is 0 Å². The fourth-order valence-corrected chi connectivity index (χ4v) is 2.43. The summed E-state index contributed by atoms with van der Waals surface area (Å²) in [6.07, 6.45) is 1.48. The molecule has 0 saturated heterocycles. The van der Waals surface area contributed by atoms with Crippen molar-refractivity contribution in [2.24, 2.45) is 0 Å². The first-order valence-electron chi connectivity index (χ1n) is 6.02. The number of hydrogen-bond acceptors (Lipinski definition) is 5. The van der Waals surface area contributed by atoms with Gasteiger partial charge in [-0.25, -0.2) is 14.4 Å². The summed E-state index contributed by atoms with van der Waals surface area (Å²) in [5, 5.41) is 2.85. The minimum atomic E-state index is -0.283. The molecular weight excluding hydrogens is 279 g/mol. The molecule has 2 aromatic heterocycles. The van der Waals surface area contributed by atoms with Crippen molar-refractivity contribution < 1.29 is 13.9 Å². The number of halogens is 1. The third-order valence-electron chi connectivity index (χ3n) is 2.63. The molecule has 0 aliphatic heterocycles. The van der Waals surface area contributed by atoms with E-state index in [1.54, 1.807) is 23.5 Å². The highest BCUT2D eigenvalue weighted by atomic mass is 32.1. The molecule has 0 radical (unpaired) electrons. The third-order valence-corrected chi connectivity index (χ3v) is 3.45. The minimum absolute atomic E-state index is 0.283. The molecule has 3 aromatic rings. The summed E-state index contributed by atoms with van der Waals surface area (Å²) in [7, 11) is 0. The smallest absolute Gasteiger partial charge is 0.225 e. The number of benzene rings is 1. The zero-order chi connectivity index (χ0) is 13.8. The topological polar surface area (TPSA) is 44.2 Å². The second kappa shape index (κ2) is 5.83. The Morgan fingerprint density at radius 1 is 1.00 bits per heavy atom. The molecule has 0 saturated carbocycles. The Bertz CT molecular complexity index is 700. The highest BCUT2D eigenvalue weighted by molar-refractivity contribution is 7.16. The highest BCUT2D eigenvalue weighted by Gasteiger charge is 2.05. The van der Waals surface area contributed by atoms with E-state index in [0.717, 1.165) is 10.2 Å². The van der Waals surface area contributed by atoms with E-state index in [9.17, 15) is 4.39 Å². The van der Waals surface area contributed by atoms with E-state index in [-0.39, 0.29) is 5.82 Å². The highest BCUT2D eigenvalue weighted by Crippen LogP contribution is 2.25. The monoisotopic (exact) mass is 290 g/mol. The van der Waals surface area contributed by atoms with E-state index >= 15 is 0 Å². The molecule has 0 aliphatic rings. The molecule has 0 amide bonds. The van der Waals surface area contributed by atoms with Crippen LogP contribution in [0.4, 0.5) is 4.39 Å². The number of nitrogens with zero attached hydrogens (tertiary/aromatic N) is 2. The van der Waals surface area contributed by atoms with Gasteiger partial charge in [0.15, 0.2) is 0 Å². The molecule has 102 valence electrons. The first-order chi connectivity index (χ1) is 9.83. The van der Waals surface area contributed by atoms with Crippen LogP contribution in [0.15, 0.2) is 42.0 Å². The van der Waals surface area contributed by atoms with Gasteiger partial charge < -0.3 is 9.47 Å². The first kappa shape index (κ1) is 12.8. The first-order valence-corrected chi connectivity index (χ1v) is 6.90. The summed E-state index contributed by atoms with van der Waals surface area (Å²) >= 11 is 1.54. The van der Waals surface area contributed by atoms with Gasteiger partial charge in [0.25, 0.3) is 0 Å². The predicted octanol–water partition coefficient (Wildman–Crippen LogP) is 3.29. The van der Waals surface area contributed by atoms with Crippen molar-refractivity contribution in [2.75, 3.05) is 13.2 Å². The van der Waals surface area contributed by atoms with Gasteiger partial charge in [-0.3, -0.25) is 0 Å². The average molecular weight is 290 g/mol. The molecular formula is C14H11FN2O2S. The lowest BCUT2D eigenvalue weighted by molar-refractivity contribution is 0.213. The zero-order valence-corrected chi connectivity index (χ0v) is 11.3. The molecule has 0 fully saturated rings. The molecule has 0 bridgehead atoms. The molecule has 1 aromatic carbocycles. The second-order valence-electron chi connectivity index (χ2n) is 3.97. The van der Waals surface area contributed by atoms with Crippen LogP contribution >= 0.6 is 11.3 Å². The largest absolute Gasteiger partial charge is 0.490 e. The lowest BCUT2D eigenvalue weighted by Crippen LogP contribution is -2.09. The Morgan fingerprint density at radius 2 is 1.80 bits per heavy atom. The fraction of sp³-hybridized carbons (Fsp3) is 0.143. The normalized spacial score (nSPS) is 10.7. The van der Waals surface area contributed by atoms with Gasteiger partial charge in [0.1, 0.15) is 35.9 Å². The summed E-state index contributed by atoms with van der Waals surface area (Å²) in [6.45, 7) is 0.723. The predicted molar refractivity (Wildman–Crippen MR) is 74.8 cm³/mol. The van der Waals surface area contributed by atoms with Crippen molar-refractivity contribution in [2.45, 2.75) is 0 Å². The van der Waals surface area contributed by atoms with E-state index < -0.39 is 0 Å². The molecule has 3 rings (SSSR count). The number of ether oxygens (including phenoxy) is 2. The van der Waals surface area contributed by atoms with Gasteiger partial charge in [-0.05, 0) is 35.7 Å². The van der Waals surface area contributed by atoms with Crippen molar-refractivity contribution in [3.05, 3.63) is 47.9 Å².